The third-order valence-corrected chi connectivity index (χ3v) is 3.93. The first-order chi connectivity index (χ1) is 7.41. The molecule has 1 aromatic rings. The predicted molar refractivity (Wildman–Crippen MR) is 68.5 cm³/mol. The van der Waals surface area contributed by atoms with Gasteiger partial charge in [-0.3, -0.25) is 0 Å². The lowest BCUT2D eigenvalue weighted by Crippen LogP contribution is -2.49. The van der Waals surface area contributed by atoms with Crippen LogP contribution in [0.15, 0.2) is 6.07 Å². The predicted octanol–water partition coefficient (Wildman–Crippen LogP) is 2.45. The first-order valence-electron chi connectivity index (χ1n) is 4.86. The highest BCUT2D eigenvalue weighted by atomic mass is 35.5. The lowest BCUT2D eigenvalue weighted by atomic mass is 10.0. The molecule has 0 spiro atoms. The Morgan fingerprint density at radius 3 is 2.38 bits per heavy atom. The Morgan fingerprint density at radius 1 is 1.44 bits per heavy atom. The summed E-state index contributed by atoms with van der Waals surface area (Å²) in [6, 6.07) is 1.71. The third-order valence-electron chi connectivity index (χ3n) is 2.41. The number of halogens is 2. The van der Waals surface area contributed by atoms with Crippen LogP contribution in [0, 0.1) is 0 Å². The maximum absolute atomic E-state index is 9.18. The second kappa shape index (κ2) is 5.67. The van der Waals surface area contributed by atoms with Gasteiger partial charge in [-0.1, -0.05) is 23.2 Å². The molecule has 1 atom stereocenters. The van der Waals surface area contributed by atoms with E-state index in [1.54, 1.807) is 13.0 Å². The second-order valence-electron chi connectivity index (χ2n) is 4.02. The standard InChI is InChI=1S/C10H15Cl2NO2S/c1-6(13-10(2,4-14)5-15)7-3-8(11)16-9(7)12/h3,6,13-15H,4-5H2,1-2H3. The molecular weight excluding hydrogens is 269 g/mol. The van der Waals surface area contributed by atoms with Gasteiger partial charge in [0.25, 0.3) is 0 Å². The monoisotopic (exact) mass is 283 g/mol. The van der Waals surface area contributed by atoms with Crippen molar-refractivity contribution in [2.45, 2.75) is 25.4 Å². The van der Waals surface area contributed by atoms with Crippen molar-refractivity contribution in [3.8, 4) is 0 Å². The van der Waals surface area contributed by atoms with Gasteiger partial charge in [0.15, 0.2) is 0 Å². The first-order valence-corrected chi connectivity index (χ1v) is 6.43. The molecular formula is C10H15Cl2NO2S. The van der Waals surface area contributed by atoms with Crippen molar-refractivity contribution in [1.29, 1.82) is 0 Å². The van der Waals surface area contributed by atoms with Gasteiger partial charge in [0, 0.05) is 6.04 Å². The second-order valence-corrected chi connectivity index (χ2v) is 6.31. The van der Waals surface area contributed by atoms with Crippen molar-refractivity contribution >= 4 is 34.5 Å². The number of rotatable bonds is 5. The Morgan fingerprint density at radius 2 is 2.00 bits per heavy atom. The smallest absolute Gasteiger partial charge is 0.0991 e. The molecule has 92 valence electrons. The van der Waals surface area contributed by atoms with E-state index in [9.17, 15) is 10.2 Å². The summed E-state index contributed by atoms with van der Waals surface area (Å²) >= 11 is 13.2. The molecule has 0 aliphatic rings. The molecule has 16 heavy (non-hydrogen) atoms. The molecule has 1 unspecified atom stereocenters. The van der Waals surface area contributed by atoms with Gasteiger partial charge < -0.3 is 15.5 Å². The zero-order valence-electron chi connectivity index (χ0n) is 9.13. The van der Waals surface area contributed by atoms with Crippen molar-refractivity contribution in [3.63, 3.8) is 0 Å². The van der Waals surface area contributed by atoms with E-state index in [0.29, 0.717) is 8.67 Å². The SMILES string of the molecule is CC(NC(C)(CO)CO)c1cc(Cl)sc1Cl. The van der Waals surface area contributed by atoms with Crippen LogP contribution < -0.4 is 5.32 Å². The molecule has 0 amide bonds. The molecule has 0 saturated carbocycles. The summed E-state index contributed by atoms with van der Waals surface area (Å²) in [5.74, 6) is 0. The largest absolute Gasteiger partial charge is 0.394 e. The summed E-state index contributed by atoms with van der Waals surface area (Å²) in [7, 11) is 0. The van der Waals surface area contributed by atoms with Crippen LogP contribution in [0.2, 0.25) is 8.67 Å². The van der Waals surface area contributed by atoms with Gasteiger partial charge in [-0.15, -0.1) is 11.3 Å². The lowest BCUT2D eigenvalue weighted by molar-refractivity contribution is 0.0958. The molecule has 6 heteroatoms. The molecule has 1 rings (SSSR count). The molecule has 0 saturated heterocycles. The third kappa shape index (κ3) is 3.32. The zero-order chi connectivity index (χ0) is 12.3. The molecule has 0 radical (unpaired) electrons. The fourth-order valence-electron chi connectivity index (χ4n) is 1.39. The van der Waals surface area contributed by atoms with Crippen molar-refractivity contribution in [3.05, 3.63) is 20.3 Å². The van der Waals surface area contributed by atoms with E-state index in [-0.39, 0.29) is 19.3 Å². The number of nitrogens with one attached hydrogen (secondary N) is 1. The maximum atomic E-state index is 9.18. The van der Waals surface area contributed by atoms with Gasteiger partial charge in [0.05, 0.1) is 27.4 Å². The normalized spacial score (nSPS) is 14.1. The fraction of sp³-hybridized carbons (Fsp3) is 0.600. The lowest BCUT2D eigenvalue weighted by Gasteiger charge is -2.30. The molecule has 0 aliphatic heterocycles. The Kier molecular flexibility index (Phi) is 5.04. The zero-order valence-corrected chi connectivity index (χ0v) is 11.5. The van der Waals surface area contributed by atoms with E-state index in [4.69, 9.17) is 23.2 Å². The molecule has 0 aromatic carbocycles. The molecule has 0 bridgehead atoms. The van der Waals surface area contributed by atoms with Crippen LogP contribution in [0.4, 0.5) is 0 Å². The molecule has 3 nitrogen and oxygen atoms in total. The number of aliphatic hydroxyl groups excluding tert-OH is 2. The van der Waals surface area contributed by atoms with Gasteiger partial charge in [-0.05, 0) is 25.5 Å². The van der Waals surface area contributed by atoms with Gasteiger partial charge in [0.1, 0.15) is 0 Å². The minimum Gasteiger partial charge on any atom is -0.394 e. The first kappa shape index (κ1) is 14.2. The van der Waals surface area contributed by atoms with Crippen molar-refractivity contribution in [2.75, 3.05) is 13.2 Å². The number of hydrogen-bond acceptors (Lipinski definition) is 4. The van der Waals surface area contributed by atoms with Crippen LogP contribution in [0.1, 0.15) is 25.5 Å². The number of aliphatic hydroxyl groups is 2. The highest BCUT2D eigenvalue weighted by molar-refractivity contribution is 7.20. The minimum atomic E-state index is -0.725. The van der Waals surface area contributed by atoms with Crippen LogP contribution in [-0.2, 0) is 0 Å². The molecule has 3 N–H and O–H groups in total. The summed E-state index contributed by atoms with van der Waals surface area (Å²) in [5.41, 5.74) is 0.154. The quantitative estimate of drug-likeness (QED) is 0.778. The molecule has 0 aliphatic carbocycles. The van der Waals surface area contributed by atoms with Crippen LogP contribution >= 0.6 is 34.5 Å². The van der Waals surface area contributed by atoms with Gasteiger partial charge >= 0.3 is 0 Å². The Hall–Kier alpha value is 0.160. The minimum absolute atomic E-state index is 0.0828. The number of thiophene rings is 1. The Balaban J connectivity index is 2.79. The summed E-state index contributed by atoms with van der Waals surface area (Å²) < 4.78 is 1.26. The van der Waals surface area contributed by atoms with Crippen molar-refractivity contribution < 1.29 is 10.2 Å². The van der Waals surface area contributed by atoms with E-state index in [0.717, 1.165) is 5.56 Å². The van der Waals surface area contributed by atoms with E-state index in [1.807, 2.05) is 6.92 Å². The van der Waals surface area contributed by atoms with E-state index >= 15 is 0 Å². The van der Waals surface area contributed by atoms with Crippen LogP contribution in [0.3, 0.4) is 0 Å². The Bertz CT molecular complexity index is 353. The van der Waals surface area contributed by atoms with Gasteiger partial charge in [-0.2, -0.15) is 0 Å². The highest BCUT2D eigenvalue weighted by Gasteiger charge is 2.26. The van der Waals surface area contributed by atoms with Crippen molar-refractivity contribution in [2.24, 2.45) is 0 Å². The average Bonchev–Trinajstić information content (AvgIpc) is 2.57. The van der Waals surface area contributed by atoms with Crippen molar-refractivity contribution in [1.82, 2.24) is 5.32 Å². The summed E-state index contributed by atoms with van der Waals surface area (Å²) in [6.45, 7) is 3.35. The molecule has 1 heterocycles. The van der Waals surface area contributed by atoms with E-state index < -0.39 is 5.54 Å². The Labute approximate surface area is 109 Å². The van der Waals surface area contributed by atoms with Crippen LogP contribution in [-0.4, -0.2) is 29.0 Å². The summed E-state index contributed by atoms with van der Waals surface area (Å²) in [6.07, 6.45) is 0. The van der Waals surface area contributed by atoms with E-state index in [1.165, 1.54) is 11.3 Å². The number of hydrogen-bond donors (Lipinski definition) is 3. The fourth-order valence-corrected chi connectivity index (χ4v) is 3.04. The summed E-state index contributed by atoms with van der Waals surface area (Å²) in [4.78, 5) is 0. The maximum Gasteiger partial charge on any atom is 0.0991 e. The molecule has 0 fully saturated rings. The topological polar surface area (TPSA) is 52.5 Å². The van der Waals surface area contributed by atoms with Crippen LogP contribution in [0.25, 0.3) is 0 Å². The van der Waals surface area contributed by atoms with Gasteiger partial charge in [0.2, 0.25) is 0 Å². The highest BCUT2D eigenvalue weighted by Crippen LogP contribution is 2.35. The van der Waals surface area contributed by atoms with Crippen LogP contribution in [0.5, 0.6) is 0 Å². The summed E-state index contributed by atoms with van der Waals surface area (Å²) in [5, 5.41) is 21.5. The van der Waals surface area contributed by atoms with Gasteiger partial charge in [-0.25, -0.2) is 0 Å². The van der Waals surface area contributed by atoms with E-state index in [2.05, 4.69) is 5.32 Å². The molecule has 1 aromatic heterocycles. The average molecular weight is 284 g/mol.